The summed E-state index contributed by atoms with van der Waals surface area (Å²) in [5.41, 5.74) is 1.59. The highest BCUT2D eigenvalue weighted by Gasteiger charge is 2.14. The molecule has 0 spiro atoms. The molecule has 1 heterocycles. The molecule has 0 aliphatic rings. The van der Waals surface area contributed by atoms with E-state index in [0.717, 1.165) is 29.2 Å². The number of halogens is 3. The number of alkyl halides is 1. The van der Waals surface area contributed by atoms with Crippen molar-refractivity contribution in [3.05, 3.63) is 28.2 Å². The van der Waals surface area contributed by atoms with Crippen LogP contribution < -0.4 is 0 Å². The summed E-state index contributed by atoms with van der Waals surface area (Å²) in [6, 6.07) is 3.23. The molecule has 0 fully saturated rings. The van der Waals surface area contributed by atoms with Crippen LogP contribution in [0.2, 0.25) is 0 Å². The second kappa shape index (κ2) is 6.46. The molecule has 0 saturated heterocycles. The number of imidazole rings is 1. The van der Waals surface area contributed by atoms with E-state index in [9.17, 15) is 4.39 Å². The van der Waals surface area contributed by atoms with Gasteiger partial charge in [0.1, 0.15) is 11.6 Å². The van der Waals surface area contributed by atoms with Crippen molar-refractivity contribution in [1.82, 2.24) is 9.55 Å². The van der Waals surface area contributed by atoms with Crippen molar-refractivity contribution >= 4 is 50.3 Å². The minimum absolute atomic E-state index is 0.271. The van der Waals surface area contributed by atoms with Crippen molar-refractivity contribution in [3.63, 3.8) is 0 Å². The summed E-state index contributed by atoms with van der Waals surface area (Å²) in [5, 5.41) is 0. The zero-order chi connectivity index (χ0) is 14.0. The summed E-state index contributed by atoms with van der Waals surface area (Å²) in [5.74, 6) is 2.40. The predicted octanol–water partition coefficient (Wildman–Crippen LogP) is 4.68. The van der Waals surface area contributed by atoms with Gasteiger partial charge in [0.15, 0.2) is 0 Å². The number of hydrogen-bond acceptors (Lipinski definition) is 2. The molecule has 1 aromatic carbocycles. The second-order valence-corrected chi connectivity index (χ2v) is 6.62. The largest absolute Gasteiger partial charge is 0.327 e. The molecule has 104 valence electrons. The third kappa shape index (κ3) is 3.26. The van der Waals surface area contributed by atoms with Crippen molar-refractivity contribution < 1.29 is 4.39 Å². The first-order chi connectivity index (χ1) is 9.06. The lowest BCUT2D eigenvalue weighted by Gasteiger charge is -2.13. The van der Waals surface area contributed by atoms with Crippen LogP contribution in [0.4, 0.5) is 4.39 Å². The van der Waals surface area contributed by atoms with E-state index in [-0.39, 0.29) is 5.82 Å². The number of hydrogen-bond donors (Lipinski definition) is 0. The molecule has 2 aromatic rings. The first-order valence-corrected chi connectivity index (χ1v) is 8.68. The molecule has 1 atom stereocenters. The van der Waals surface area contributed by atoms with E-state index in [1.807, 2.05) is 16.3 Å². The lowest BCUT2D eigenvalue weighted by Crippen LogP contribution is -2.12. The molecular formula is C13H15BrClFN2S. The molecule has 2 nitrogen and oxygen atoms in total. The van der Waals surface area contributed by atoms with Gasteiger partial charge in [0.2, 0.25) is 0 Å². The normalized spacial score (nSPS) is 13.1. The summed E-state index contributed by atoms with van der Waals surface area (Å²) in [4.78, 5) is 4.47. The van der Waals surface area contributed by atoms with Gasteiger partial charge < -0.3 is 4.57 Å². The number of rotatable bonds is 5. The highest BCUT2D eigenvalue weighted by Crippen LogP contribution is 2.26. The standard InChI is InChI=1S/C13H15BrClFN2S/c1-8(7-19-2)6-18-12-4-10(16)9(14)3-11(12)17-13(18)5-15/h3-4,8H,5-7H2,1-2H3. The van der Waals surface area contributed by atoms with Crippen molar-refractivity contribution in [2.45, 2.75) is 19.3 Å². The van der Waals surface area contributed by atoms with Crippen molar-refractivity contribution in [2.75, 3.05) is 12.0 Å². The number of thioether (sulfide) groups is 1. The topological polar surface area (TPSA) is 17.8 Å². The number of nitrogens with zero attached hydrogens (tertiary/aromatic N) is 2. The lowest BCUT2D eigenvalue weighted by atomic mass is 10.2. The molecule has 0 aliphatic carbocycles. The van der Waals surface area contributed by atoms with Gasteiger partial charge in [0, 0.05) is 12.6 Å². The molecule has 6 heteroatoms. The Balaban J connectivity index is 2.47. The molecule has 0 N–H and O–H groups in total. The van der Waals surface area contributed by atoms with E-state index in [4.69, 9.17) is 11.6 Å². The summed E-state index contributed by atoms with van der Waals surface area (Å²) in [7, 11) is 0. The zero-order valence-electron chi connectivity index (χ0n) is 10.8. The van der Waals surface area contributed by atoms with Gasteiger partial charge in [-0.1, -0.05) is 6.92 Å². The van der Waals surface area contributed by atoms with Gasteiger partial charge in [-0.3, -0.25) is 0 Å². The molecule has 0 aliphatic heterocycles. The average Bonchev–Trinajstić information content (AvgIpc) is 2.68. The molecule has 1 unspecified atom stereocenters. The molecule has 2 rings (SSSR count). The average molecular weight is 366 g/mol. The van der Waals surface area contributed by atoms with Crippen LogP contribution in [0.25, 0.3) is 11.0 Å². The Labute approximate surface area is 129 Å². The Morgan fingerprint density at radius 3 is 2.89 bits per heavy atom. The minimum atomic E-state index is -0.271. The first-order valence-electron chi connectivity index (χ1n) is 5.95. The van der Waals surface area contributed by atoms with Crippen molar-refractivity contribution in [2.24, 2.45) is 5.92 Å². The third-order valence-corrected chi connectivity index (χ3v) is 4.68. The van der Waals surface area contributed by atoms with Gasteiger partial charge >= 0.3 is 0 Å². The highest BCUT2D eigenvalue weighted by molar-refractivity contribution is 9.10. The van der Waals surface area contributed by atoms with Crippen LogP contribution in [0, 0.1) is 11.7 Å². The quantitative estimate of drug-likeness (QED) is 0.716. The first kappa shape index (κ1) is 15.1. The summed E-state index contributed by atoms with van der Waals surface area (Å²) in [6.45, 7) is 2.98. The van der Waals surface area contributed by atoms with Gasteiger partial charge in [0.05, 0.1) is 21.4 Å². The lowest BCUT2D eigenvalue weighted by molar-refractivity contribution is 0.529. The van der Waals surface area contributed by atoms with Gasteiger partial charge in [-0.2, -0.15) is 11.8 Å². The summed E-state index contributed by atoms with van der Waals surface area (Å²) in [6.07, 6.45) is 2.09. The summed E-state index contributed by atoms with van der Waals surface area (Å²) >= 11 is 10.9. The zero-order valence-corrected chi connectivity index (χ0v) is 13.9. The number of benzene rings is 1. The number of fused-ring (bicyclic) bond motifs is 1. The molecule has 0 bridgehead atoms. The van der Waals surface area contributed by atoms with E-state index in [2.05, 4.69) is 34.1 Å². The maximum atomic E-state index is 13.7. The molecule has 0 radical (unpaired) electrons. The Bertz CT molecular complexity index is 588. The van der Waals surface area contributed by atoms with Gasteiger partial charge in [-0.15, -0.1) is 11.6 Å². The fourth-order valence-corrected chi connectivity index (χ4v) is 3.33. The van der Waals surface area contributed by atoms with E-state index in [1.165, 1.54) is 6.07 Å². The predicted molar refractivity (Wildman–Crippen MR) is 84.5 cm³/mol. The van der Waals surface area contributed by atoms with Gasteiger partial charge in [-0.25, -0.2) is 9.37 Å². The van der Waals surface area contributed by atoms with Crippen LogP contribution in [0.1, 0.15) is 12.7 Å². The minimum Gasteiger partial charge on any atom is -0.327 e. The van der Waals surface area contributed by atoms with Crippen LogP contribution >= 0.6 is 39.3 Å². The van der Waals surface area contributed by atoms with E-state index in [1.54, 1.807) is 6.07 Å². The molecule has 0 amide bonds. The Kier molecular flexibility index (Phi) is 5.15. The van der Waals surface area contributed by atoms with Gasteiger partial charge in [-0.05, 0) is 39.9 Å². The molecule has 0 saturated carbocycles. The maximum absolute atomic E-state index is 13.7. The van der Waals surface area contributed by atoms with Crippen LogP contribution in [0.3, 0.4) is 0 Å². The van der Waals surface area contributed by atoms with Crippen LogP contribution in [0.15, 0.2) is 16.6 Å². The Morgan fingerprint density at radius 1 is 1.53 bits per heavy atom. The van der Waals surface area contributed by atoms with E-state index < -0.39 is 0 Å². The third-order valence-electron chi connectivity index (χ3n) is 2.93. The Hall–Kier alpha value is -0.260. The smallest absolute Gasteiger partial charge is 0.139 e. The summed E-state index contributed by atoms with van der Waals surface area (Å²) < 4.78 is 16.2. The molecular weight excluding hydrogens is 351 g/mol. The van der Waals surface area contributed by atoms with Crippen molar-refractivity contribution in [3.8, 4) is 0 Å². The van der Waals surface area contributed by atoms with Crippen LogP contribution in [-0.2, 0) is 12.4 Å². The SMILES string of the molecule is CSCC(C)Cn1c(CCl)nc2cc(Br)c(F)cc21. The van der Waals surface area contributed by atoms with E-state index in [0.29, 0.717) is 16.3 Å². The van der Waals surface area contributed by atoms with Crippen LogP contribution in [0.5, 0.6) is 0 Å². The van der Waals surface area contributed by atoms with Crippen LogP contribution in [-0.4, -0.2) is 21.6 Å². The van der Waals surface area contributed by atoms with Crippen molar-refractivity contribution in [1.29, 1.82) is 0 Å². The Morgan fingerprint density at radius 2 is 2.26 bits per heavy atom. The fraction of sp³-hybridized carbons (Fsp3) is 0.462. The molecule has 1 aromatic heterocycles. The fourth-order valence-electron chi connectivity index (χ4n) is 2.12. The highest BCUT2D eigenvalue weighted by atomic mass is 79.9. The maximum Gasteiger partial charge on any atom is 0.139 e. The van der Waals surface area contributed by atoms with E-state index >= 15 is 0 Å². The van der Waals surface area contributed by atoms with Gasteiger partial charge in [0.25, 0.3) is 0 Å². The monoisotopic (exact) mass is 364 g/mol. The molecule has 19 heavy (non-hydrogen) atoms. The number of aromatic nitrogens is 2. The second-order valence-electron chi connectivity index (χ2n) is 4.59.